The van der Waals surface area contributed by atoms with Crippen LogP contribution in [-0.2, 0) is 37.2 Å². The number of ether oxygens (including phenoxy) is 3. The Bertz CT molecular complexity index is 1110. The summed E-state index contributed by atoms with van der Waals surface area (Å²) in [4.78, 5) is -1.86. The first-order chi connectivity index (χ1) is 16.3. The number of fused-ring (bicyclic) bond motifs is 1. The number of hydrogen-bond acceptors (Lipinski definition) is 7. The first-order valence-electron chi connectivity index (χ1n) is 11.1. The predicted molar refractivity (Wildman–Crippen MR) is 120 cm³/mol. The molecule has 4 atom stereocenters. The lowest BCUT2D eigenvalue weighted by atomic mass is 9.91. The van der Waals surface area contributed by atoms with Crippen molar-refractivity contribution in [1.82, 2.24) is 4.90 Å². The van der Waals surface area contributed by atoms with Crippen LogP contribution < -0.4 is 0 Å². The van der Waals surface area contributed by atoms with Crippen molar-refractivity contribution in [3.8, 4) is 0 Å². The maximum Gasteiger partial charge on any atom is 0.500 e. The second-order valence-corrected chi connectivity index (χ2v) is 11.4. The Morgan fingerprint density at radius 2 is 1.63 bits per heavy atom. The van der Waals surface area contributed by atoms with Gasteiger partial charge in [0, 0.05) is 13.1 Å². The molecule has 0 unspecified atom stereocenters. The van der Waals surface area contributed by atoms with Crippen LogP contribution in [0.4, 0.5) is 13.2 Å². The van der Waals surface area contributed by atoms with Crippen molar-refractivity contribution in [3.05, 3.63) is 71.8 Å². The van der Waals surface area contributed by atoms with Crippen LogP contribution in [0.3, 0.4) is 0 Å². The zero-order valence-electron chi connectivity index (χ0n) is 19.3. The summed E-state index contributed by atoms with van der Waals surface area (Å²) < 4.78 is 84.7. The number of alkyl halides is 3. The predicted octanol–water partition coefficient (Wildman–Crippen LogP) is 3.23. The van der Waals surface area contributed by atoms with Gasteiger partial charge in [-0.05, 0) is 25.0 Å². The van der Waals surface area contributed by atoms with Crippen molar-refractivity contribution in [1.29, 1.82) is 0 Å². The molecule has 0 saturated carbocycles. The summed E-state index contributed by atoms with van der Waals surface area (Å²) in [5.41, 5.74) is -4.37. The number of nitrogens with zero attached hydrogens (tertiary/aromatic N) is 1. The topological polar surface area (TPSA) is 85.3 Å². The molecule has 2 aromatic carbocycles. The van der Waals surface area contributed by atoms with Gasteiger partial charge in [-0.1, -0.05) is 60.7 Å². The van der Waals surface area contributed by atoms with E-state index in [2.05, 4.69) is 0 Å². The molecule has 2 saturated heterocycles. The van der Waals surface area contributed by atoms with Crippen LogP contribution >= 0.6 is 0 Å². The minimum absolute atomic E-state index is 0.0534. The molecule has 1 N–H and O–H groups in total. The molecule has 192 valence electrons. The van der Waals surface area contributed by atoms with Gasteiger partial charge in [-0.25, -0.2) is 8.42 Å². The number of β-amino-alcohol motifs (C(OH)–C–C–N with tert-alkyl or cyclic N) is 1. The van der Waals surface area contributed by atoms with Crippen LogP contribution in [0, 0.1) is 0 Å². The second-order valence-electron chi connectivity index (χ2n) is 9.26. The highest BCUT2D eigenvalue weighted by Crippen LogP contribution is 2.44. The van der Waals surface area contributed by atoms with E-state index in [1.165, 1.54) is 4.90 Å². The van der Waals surface area contributed by atoms with E-state index in [4.69, 9.17) is 14.2 Å². The SMILES string of the molecule is CC1(C)OC[C@@H]2[C@@H](O1)[C@H](OCc1ccccc1)[C@@](O)(S(=O)(=O)C(F)(F)F)CN2Cc1ccccc1. The van der Waals surface area contributed by atoms with Gasteiger partial charge in [-0.2, -0.15) is 13.2 Å². The average Bonchev–Trinajstić information content (AvgIpc) is 2.78. The molecule has 0 radical (unpaired) electrons. The first-order valence-corrected chi connectivity index (χ1v) is 12.6. The van der Waals surface area contributed by atoms with Crippen molar-refractivity contribution < 1.29 is 40.9 Å². The van der Waals surface area contributed by atoms with Gasteiger partial charge in [0.1, 0.15) is 12.2 Å². The molecule has 35 heavy (non-hydrogen) atoms. The van der Waals surface area contributed by atoms with Crippen molar-refractivity contribution in [3.63, 3.8) is 0 Å². The highest BCUT2D eigenvalue weighted by molar-refractivity contribution is 7.93. The summed E-state index contributed by atoms with van der Waals surface area (Å²) in [5, 5.41) is 11.4. The molecule has 2 heterocycles. The fraction of sp³-hybridized carbons (Fsp3) is 0.500. The lowest BCUT2D eigenvalue weighted by Crippen LogP contribution is -2.75. The van der Waals surface area contributed by atoms with E-state index in [0.29, 0.717) is 5.56 Å². The number of rotatable bonds is 6. The van der Waals surface area contributed by atoms with E-state index >= 15 is 0 Å². The summed E-state index contributed by atoms with van der Waals surface area (Å²) in [6.07, 6.45) is -3.04. The van der Waals surface area contributed by atoms with E-state index in [1.807, 2.05) is 0 Å². The Balaban J connectivity index is 1.77. The van der Waals surface area contributed by atoms with Gasteiger partial charge in [0.2, 0.25) is 4.93 Å². The average molecular weight is 516 g/mol. The van der Waals surface area contributed by atoms with Crippen molar-refractivity contribution in [2.45, 2.75) is 61.5 Å². The zero-order valence-corrected chi connectivity index (χ0v) is 20.1. The standard InChI is InChI=1S/C24H28F3NO6S/c1-22(2)33-15-19-20(34-22)21(32-14-18-11-7-4-8-12-18)23(29,35(30,31)24(25,26)27)16-28(19)13-17-9-5-3-6-10-17/h3-12,19-21,29H,13-16H2,1-2H3/t19-,20-,21+,23+/m1/s1. The van der Waals surface area contributed by atoms with Gasteiger partial charge in [-0.3, -0.25) is 4.90 Å². The third-order valence-corrected chi connectivity index (χ3v) is 8.21. The monoisotopic (exact) mass is 515 g/mol. The van der Waals surface area contributed by atoms with Crippen LogP contribution in [0.1, 0.15) is 25.0 Å². The largest absolute Gasteiger partial charge is 0.500 e. The lowest BCUT2D eigenvalue weighted by molar-refractivity contribution is -0.336. The van der Waals surface area contributed by atoms with E-state index in [0.717, 1.165) is 5.56 Å². The van der Waals surface area contributed by atoms with Crippen molar-refractivity contribution in [2.75, 3.05) is 13.2 Å². The molecule has 11 heteroatoms. The maximum absolute atomic E-state index is 13.8. The summed E-state index contributed by atoms with van der Waals surface area (Å²) in [5.74, 6) is -1.23. The molecule has 4 rings (SSSR count). The van der Waals surface area contributed by atoms with Crippen LogP contribution in [0.25, 0.3) is 0 Å². The minimum Gasteiger partial charge on any atom is -0.371 e. The summed E-state index contributed by atoms with van der Waals surface area (Å²) in [7, 11) is -6.10. The van der Waals surface area contributed by atoms with Gasteiger partial charge in [0.25, 0.3) is 9.84 Å². The number of piperidine rings is 1. The van der Waals surface area contributed by atoms with Crippen LogP contribution in [0.2, 0.25) is 0 Å². The molecule has 0 aliphatic carbocycles. The number of benzene rings is 2. The summed E-state index contributed by atoms with van der Waals surface area (Å²) >= 11 is 0. The molecular formula is C24H28F3NO6S. The van der Waals surface area contributed by atoms with E-state index < -0.39 is 50.9 Å². The molecule has 2 fully saturated rings. The lowest BCUT2D eigenvalue weighted by Gasteiger charge is -2.55. The number of likely N-dealkylation sites (tertiary alicyclic amines) is 1. The van der Waals surface area contributed by atoms with Crippen LogP contribution in [0.5, 0.6) is 0 Å². The highest BCUT2D eigenvalue weighted by atomic mass is 32.2. The Kier molecular flexibility index (Phi) is 7.04. The van der Waals surface area contributed by atoms with Gasteiger partial charge in [0.15, 0.2) is 5.79 Å². The van der Waals surface area contributed by atoms with E-state index in [-0.39, 0.29) is 19.8 Å². The fourth-order valence-electron chi connectivity index (χ4n) is 4.57. The van der Waals surface area contributed by atoms with Gasteiger partial charge in [0.05, 0.1) is 19.3 Å². The molecule has 0 amide bonds. The first kappa shape index (κ1) is 26.1. The van der Waals surface area contributed by atoms with Crippen molar-refractivity contribution >= 4 is 9.84 Å². The number of aliphatic hydroxyl groups is 1. The highest BCUT2D eigenvalue weighted by Gasteiger charge is 2.69. The second kappa shape index (κ2) is 9.45. The van der Waals surface area contributed by atoms with Gasteiger partial charge in [-0.15, -0.1) is 0 Å². The van der Waals surface area contributed by atoms with Gasteiger partial charge >= 0.3 is 5.51 Å². The maximum atomic E-state index is 13.8. The van der Waals surface area contributed by atoms with Crippen molar-refractivity contribution in [2.24, 2.45) is 0 Å². The summed E-state index contributed by atoms with van der Waals surface area (Å²) in [6, 6.07) is 16.8. The molecule has 2 aliphatic heterocycles. The van der Waals surface area contributed by atoms with Crippen LogP contribution in [0.15, 0.2) is 60.7 Å². The molecule has 0 bridgehead atoms. The normalized spacial score (nSPS) is 29.5. The number of sulfone groups is 1. The molecular weight excluding hydrogens is 487 g/mol. The quantitative estimate of drug-likeness (QED) is 0.632. The van der Waals surface area contributed by atoms with E-state index in [1.54, 1.807) is 74.5 Å². The van der Waals surface area contributed by atoms with E-state index in [9.17, 15) is 26.7 Å². The minimum atomic E-state index is -6.10. The zero-order chi connectivity index (χ0) is 25.5. The number of halogens is 3. The third kappa shape index (κ3) is 5.11. The third-order valence-electron chi connectivity index (χ3n) is 6.31. The summed E-state index contributed by atoms with van der Waals surface area (Å²) in [6.45, 7) is 2.23. The smallest absolute Gasteiger partial charge is 0.371 e. The number of hydrogen-bond donors (Lipinski definition) is 1. The van der Waals surface area contributed by atoms with Crippen LogP contribution in [-0.4, -0.2) is 66.1 Å². The molecule has 2 aliphatic rings. The Labute approximate surface area is 202 Å². The Morgan fingerprint density at radius 1 is 1.06 bits per heavy atom. The molecule has 2 aromatic rings. The molecule has 0 spiro atoms. The Morgan fingerprint density at radius 3 is 2.20 bits per heavy atom. The molecule has 0 aromatic heterocycles. The fourth-order valence-corrected chi connectivity index (χ4v) is 5.81. The molecule has 7 nitrogen and oxygen atoms in total. The van der Waals surface area contributed by atoms with Gasteiger partial charge < -0.3 is 19.3 Å². The Hall–Kier alpha value is -2.02.